The summed E-state index contributed by atoms with van der Waals surface area (Å²) < 4.78 is 27.2. The molecule has 0 spiro atoms. The van der Waals surface area contributed by atoms with E-state index in [0.29, 0.717) is 4.90 Å². The monoisotopic (exact) mass is 270 g/mol. The lowest BCUT2D eigenvalue weighted by Crippen LogP contribution is -2.44. The van der Waals surface area contributed by atoms with Crippen molar-refractivity contribution in [1.82, 2.24) is 4.72 Å². The van der Waals surface area contributed by atoms with Crippen molar-refractivity contribution in [2.45, 2.75) is 44.0 Å². The molecule has 2 N–H and O–H groups in total. The summed E-state index contributed by atoms with van der Waals surface area (Å²) in [6, 6.07) is 6.73. The van der Waals surface area contributed by atoms with E-state index >= 15 is 0 Å². The van der Waals surface area contributed by atoms with E-state index < -0.39 is 10.0 Å². The predicted octanol–water partition coefficient (Wildman–Crippen LogP) is 2.59. The average Bonchev–Trinajstić information content (AvgIpc) is 2.38. The molecule has 0 saturated heterocycles. The first-order valence-electron chi connectivity index (χ1n) is 6.18. The van der Waals surface area contributed by atoms with Crippen LogP contribution in [0.2, 0.25) is 0 Å². The van der Waals surface area contributed by atoms with Crippen LogP contribution >= 0.6 is 0 Å². The number of sulfonamides is 1. The van der Waals surface area contributed by atoms with Crippen LogP contribution in [0.25, 0.3) is 0 Å². The molecule has 0 radical (unpaired) electrons. The van der Waals surface area contributed by atoms with E-state index in [-0.39, 0.29) is 5.54 Å². The third kappa shape index (κ3) is 3.46. The second-order valence-electron chi connectivity index (χ2n) is 4.65. The fourth-order valence-corrected chi connectivity index (χ4v) is 3.13. The van der Waals surface area contributed by atoms with Crippen LogP contribution in [0.4, 0.5) is 5.69 Å². The summed E-state index contributed by atoms with van der Waals surface area (Å²) in [5, 5.41) is 2.96. The van der Waals surface area contributed by atoms with Crippen molar-refractivity contribution in [2.75, 3.05) is 12.4 Å². The van der Waals surface area contributed by atoms with Gasteiger partial charge in [-0.25, -0.2) is 13.1 Å². The van der Waals surface area contributed by atoms with E-state index in [0.717, 1.165) is 18.5 Å². The molecular weight excluding hydrogens is 248 g/mol. The lowest BCUT2D eigenvalue weighted by atomic mass is 9.98. The quantitative estimate of drug-likeness (QED) is 0.835. The van der Waals surface area contributed by atoms with Crippen molar-refractivity contribution >= 4 is 15.7 Å². The molecule has 4 nitrogen and oxygen atoms in total. The fourth-order valence-electron chi connectivity index (χ4n) is 1.58. The molecule has 5 heteroatoms. The van der Waals surface area contributed by atoms with Gasteiger partial charge in [0.05, 0.1) is 4.90 Å². The zero-order valence-corrected chi connectivity index (χ0v) is 12.3. The Labute approximate surface area is 110 Å². The molecule has 0 amide bonds. The van der Waals surface area contributed by atoms with Crippen LogP contribution < -0.4 is 10.0 Å². The maximum Gasteiger partial charge on any atom is 0.241 e. The second kappa shape index (κ2) is 5.71. The Morgan fingerprint density at radius 1 is 1.11 bits per heavy atom. The maximum atomic E-state index is 12.2. The molecule has 18 heavy (non-hydrogen) atoms. The molecule has 1 rings (SSSR count). The minimum atomic E-state index is -3.44. The first-order valence-corrected chi connectivity index (χ1v) is 7.67. The fraction of sp³-hybridized carbons (Fsp3) is 0.538. The zero-order valence-electron chi connectivity index (χ0n) is 11.4. The second-order valence-corrected chi connectivity index (χ2v) is 6.33. The summed E-state index contributed by atoms with van der Waals surface area (Å²) in [4.78, 5) is 0.301. The van der Waals surface area contributed by atoms with Gasteiger partial charge in [0.15, 0.2) is 0 Å². The van der Waals surface area contributed by atoms with Gasteiger partial charge in [0, 0.05) is 18.3 Å². The molecule has 0 aromatic heterocycles. The number of hydrogen-bond acceptors (Lipinski definition) is 3. The third-order valence-electron chi connectivity index (χ3n) is 3.39. The van der Waals surface area contributed by atoms with Gasteiger partial charge in [0.1, 0.15) is 0 Å². The topological polar surface area (TPSA) is 58.2 Å². The Kier molecular flexibility index (Phi) is 4.76. The van der Waals surface area contributed by atoms with Gasteiger partial charge in [-0.15, -0.1) is 0 Å². The molecule has 102 valence electrons. The molecule has 0 saturated carbocycles. The number of nitrogens with one attached hydrogen (secondary N) is 2. The minimum absolute atomic E-state index is 0.301. The summed E-state index contributed by atoms with van der Waals surface area (Å²) in [5.41, 5.74) is 0.503. The van der Waals surface area contributed by atoms with E-state index in [4.69, 9.17) is 0 Å². The van der Waals surface area contributed by atoms with E-state index in [2.05, 4.69) is 10.0 Å². The zero-order chi connectivity index (χ0) is 13.8. The van der Waals surface area contributed by atoms with Gasteiger partial charge < -0.3 is 5.32 Å². The SMILES string of the molecule is CCC(C)(CC)NS(=O)(=O)c1ccc(NC)cc1. The highest BCUT2D eigenvalue weighted by atomic mass is 32.2. The van der Waals surface area contributed by atoms with Crippen LogP contribution in [0, 0.1) is 0 Å². The number of anilines is 1. The van der Waals surface area contributed by atoms with E-state index in [1.54, 1.807) is 31.3 Å². The highest BCUT2D eigenvalue weighted by Gasteiger charge is 2.27. The molecule has 0 aliphatic carbocycles. The molecule has 0 bridgehead atoms. The molecule has 0 aliphatic rings. The Hall–Kier alpha value is -1.07. The van der Waals surface area contributed by atoms with Gasteiger partial charge in [-0.3, -0.25) is 0 Å². The standard InChI is InChI=1S/C13H22N2O2S/c1-5-13(3,6-2)15-18(16,17)12-9-7-11(14-4)8-10-12/h7-10,14-15H,5-6H2,1-4H3. The van der Waals surface area contributed by atoms with Gasteiger partial charge in [-0.2, -0.15) is 0 Å². The van der Waals surface area contributed by atoms with Gasteiger partial charge in [0.25, 0.3) is 0 Å². The van der Waals surface area contributed by atoms with Gasteiger partial charge in [-0.05, 0) is 44.0 Å². The smallest absolute Gasteiger partial charge is 0.241 e. The van der Waals surface area contributed by atoms with Crippen molar-refractivity contribution < 1.29 is 8.42 Å². The lowest BCUT2D eigenvalue weighted by Gasteiger charge is -2.27. The number of rotatable bonds is 6. The molecular formula is C13H22N2O2S. The van der Waals surface area contributed by atoms with E-state index in [1.165, 1.54) is 0 Å². The number of hydrogen-bond donors (Lipinski definition) is 2. The average molecular weight is 270 g/mol. The Bertz CT molecular complexity index is 476. The summed E-state index contributed by atoms with van der Waals surface area (Å²) >= 11 is 0. The highest BCUT2D eigenvalue weighted by Crippen LogP contribution is 2.20. The summed E-state index contributed by atoms with van der Waals surface area (Å²) in [6.07, 6.45) is 1.52. The number of benzene rings is 1. The molecule has 0 fully saturated rings. The highest BCUT2D eigenvalue weighted by molar-refractivity contribution is 7.89. The Balaban J connectivity index is 2.99. The van der Waals surface area contributed by atoms with Crippen molar-refractivity contribution in [1.29, 1.82) is 0 Å². The maximum absolute atomic E-state index is 12.2. The first-order chi connectivity index (χ1) is 8.37. The Morgan fingerprint density at radius 2 is 1.61 bits per heavy atom. The first kappa shape index (κ1) is 15.0. The molecule has 1 aromatic rings. The summed E-state index contributed by atoms with van der Waals surface area (Å²) in [6.45, 7) is 5.89. The molecule has 0 heterocycles. The summed E-state index contributed by atoms with van der Waals surface area (Å²) in [7, 11) is -1.65. The van der Waals surface area contributed by atoms with Crippen LogP contribution in [-0.2, 0) is 10.0 Å². The van der Waals surface area contributed by atoms with Crippen molar-refractivity contribution in [3.8, 4) is 0 Å². The van der Waals surface area contributed by atoms with Gasteiger partial charge >= 0.3 is 0 Å². The molecule has 1 aromatic carbocycles. The van der Waals surface area contributed by atoms with Crippen LogP contribution in [0.3, 0.4) is 0 Å². The largest absolute Gasteiger partial charge is 0.388 e. The van der Waals surface area contributed by atoms with Crippen LogP contribution in [0.5, 0.6) is 0 Å². The van der Waals surface area contributed by atoms with Crippen molar-refractivity contribution in [3.63, 3.8) is 0 Å². The lowest BCUT2D eigenvalue weighted by molar-refractivity contribution is 0.388. The predicted molar refractivity (Wildman–Crippen MR) is 75.3 cm³/mol. The molecule has 0 unspecified atom stereocenters. The Morgan fingerprint density at radius 3 is 2.00 bits per heavy atom. The third-order valence-corrected chi connectivity index (χ3v) is 5.05. The van der Waals surface area contributed by atoms with Crippen molar-refractivity contribution in [2.24, 2.45) is 0 Å². The van der Waals surface area contributed by atoms with Gasteiger partial charge in [-0.1, -0.05) is 13.8 Å². The van der Waals surface area contributed by atoms with E-state index in [1.807, 2.05) is 20.8 Å². The minimum Gasteiger partial charge on any atom is -0.388 e. The van der Waals surface area contributed by atoms with Crippen LogP contribution in [0.1, 0.15) is 33.6 Å². The molecule has 0 aliphatic heterocycles. The van der Waals surface area contributed by atoms with Crippen LogP contribution in [0.15, 0.2) is 29.2 Å². The van der Waals surface area contributed by atoms with Crippen LogP contribution in [-0.4, -0.2) is 21.0 Å². The normalized spacial score (nSPS) is 12.4. The summed E-state index contributed by atoms with van der Waals surface area (Å²) in [5.74, 6) is 0. The van der Waals surface area contributed by atoms with Crippen molar-refractivity contribution in [3.05, 3.63) is 24.3 Å². The van der Waals surface area contributed by atoms with E-state index in [9.17, 15) is 8.42 Å². The molecule has 0 atom stereocenters. The van der Waals surface area contributed by atoms with Gasteiger partial charge in [0.2, 0.25) is 10.0 Å².